The van der Waals surface area contributed by atoms with Gasteiger partial charge in [0.15, 0.2) is 0 Å². The fourth-order valence-electron chi connectivity index (χ4n) is 1.55. The van der Waals surface area contributed by atoms with E-state index >= 15 is 0 Å². The second-order valence-electron chi connectivity index (χ2n) is 3.70. The third-order valence-electron chi connectivity index (χ3n) is 2.30. The van der Waals surface area contributed by atoms with Gasteiger partial charge in [-0.15, -0.1) is 0 Å². The summed E-state index contributed by atoms with van der Waals surface area (Å²) in [5.74, 6) is -1.57. The number of halogens is 3. The lowest BCUT2D eigenvalue weighted by molar-refractivity contribution is -0.383. The lowest BCUT2D eigenvalue weighted by Crippen LogP contribution is -1.98. The topological polar surface area (TPSA) is 55.2 Å². The number of benzene rings is 2. The Morgan fingerprint density at radius 1 is 1.11 bits per heavy atom. The first-order chi connectivity index (χ1) is 8.95. The zero-order valence-electron chi connectivity index (χ0n) is 9.36. The van der Waals surface area contributed by atoms with Crippen LogP contribution in [0, 0.1) is 21.7 Å². The van der Waals surface area contributed by atoms with Crippen LogP contribution in [0.5, 0.6) is 0 Å². The van der Waals surface area contributed by atoms with E-state index in [2.05, 4.69) is 5.32 Å². The summed E-state index contributed by atoms with van der Waals surface area (Å²) in [6, 6.07) is 6.62. The molecule has 0 unspecified atom stereocenters. The van der Waals surface area contributed by atoms with Gasteiger partial charge in [-0.25, -0.2) is 8.78 Å². The second kappa shape index (κ2) is 5.19. The summed E-state index contributed by atoms with van der Waals surface area (Å²) in [5.41, 5.74) is -0.126. The van der Waals surface area contributed by atoms with Gasteiger partial charge in [0.1, 0.15) is 17.3 Å². The molecule has 0 aliphatic rings. The Hall–Kier alpha value is -2.21. The zero-order valence-corrected chi connectivity index (χ0v) is 10.1. The monoisotopic (exact) mass is 284 g/mol. The number of nitrogens with zero attached hydrogens (tertiary/aromatic N) is 1. The average Bonchev–Trinajstić information content (AvgIpc) is 2.26. The molecule has 0 saturated heterocycles. The summed E-state index contributed by atoms with van der Waals surface area (Å²) >= 11 is 5.74. The van der Waals surface area contributed by atoms with Gasteiger partial charge in [0, 0.05) is 22.8 Å². The van der Waals surface area contributed by atoms with Crippen molar-refractivity contribution in [2.75, 3.05) is 5.32 Å². The molecule has 98 valence electrons. The largest absolute Gasteiger partial charge is 0.350 e. The van der Waals surface area contributed by atoms with Crippen LogP contribution in [0.3, 0.4) is 0 Å². The van der Waals surface area contributed by atoms with Gasteiger partial charge < -0.3 is 5.32 Å². The van der Waals surface area contributed by atoms with Crippen LogP contribution in [0.4, 0.5) is 25.8 Å². The summed E-state index contributed by atoms with van der Waals surface area (Å²) < 4.78 is 26.1. The maximum absolute atomic E-state index is 13.0. The molecule has 0 aromatic heterocycles. The molecule has 2 aromatic carbocycles. The quantitative estimate of drug-likeness (QED) is 0.676. The Morgan fingerprint density at radius 3 is 2.32 bits per heavy atom. The molecule has 0 radical (unpaired) electrons. The van der Waals surface area contributed by atoms with E-state index in [0.717, 1.165) is 12.1 Å². The molecule has 4 nitrogen and oxygen atoms in total. The van der Waals surface area contributed by atoms with Gasteiger partial charge in [-0.2, -0.15) is 0 Å². The van der Waals surface area contributed by atoms with Gasteiger partial charge in [-0.05, 0) is 24.3 Å². The molecule has 0 aliphatic carbocycles. The Balaban J connectivity index is 2.42. The van der Waals surface area contributed by atoms with Crippen molar-refractivity contribution in [2.45, 2.75) is 0 Å². The normalized spacial score (nSPS) is 10.3. The van der Waals surface area contributed by atoms with E-state index in [4.69, 9.17) is 11.6 Å². The zero-order chi connectivity index (χ0) is 14.0. The maximum Gasteiger partial charge on any atom is 0.292 e. The third-order valence-corrected chi connectivity index (χ3v) is 2.53. The van der Waals surface area contributed by atoms with Crippen LogP contribution < -0.4 is 5.32 Å². The van der Waals surface area contributed by atoms with Crippen LogP contribution in [0.25, 0.3) is 0 Å². The number of nitro benzene ring substituents is 1. The van der Waals surface area contributed by atoms with E-state index in [1.54, 1.807) is 0 Å². The van der Waals surface area contributed by atoms with Crippen LogP contribution >= 0.6 is 11.6 Å². The standard InChI is InChI=1S/C12H7ClF2N2O2/c13-7-1-2-12(17(18)19)11(3-7)16-10-5-8(14)4-9(15)6-10/h1-6,16H. The van der Waals surface area contributed by atoms with Crippen molar-refractivity contribution in [1.29, 1.82) is 0 Å². The highest BCUT2D eigenvalue weighted by Gasteiger charge is 2.14. The minimum absolute atomic E-state index is 0.0579. The summed E-state index contributed by atoms with van der Waals surface area (Å²) in [5, 5.41) is 13.7. The summed E-state index contributed by atoms with van der Waals surface area (Å²) in [4.78, 5) is 10.2. The van der Waals surface area contributed by atoms with Crippen LogP contribution in [0.15, 0.2) is 36.4 Å². The molecule has 7 heteroatoms. The second-order valence-corrected chi connectivity index (χ2v) is 4.14. The van der Waals surface area contributed by atoms with Crippen LogP contribution in [-0.2, 0) is 0 Å². The molecule has 0 saturated carbocycles. The summed E-state index contributed by atoms with van der Waals surface area (Å²) in [6.45, 7) is 0. The number of hydrogen-bond acceptors (Lipinski definition) is 3. The lowest BCUT2D eigenvalue weighted by Gasteiger charge is -2.08. The number of rotatable bonds is 3. The molecular formula is C12H7ClF2N2O2. The number of hydrogen-bond donors (Lipinski definition) is 1. The molecule has 0 spiro atoms. The van der Waals surface area contributed by atoms with Gasteiger partial charge in [-0.3, -0.25) is 10.1 Å². The van der Waals surface area contributed by atoms with Crippen LogP contribution in [0.1, 0.15) is 0 Å². The smallest absolute Gasteiger partial charge is 0.292 e. The van der Waals surface area contributed by atoms with Crippen molar-refractivity contribution in [3.05, 3.63) is 63.2 Å². The van der Waals surface area contributed by atoms with E-state index in [0.29, 0.717) is 6.07 Å². The first-order valence-electron chi connectivity index (χ1n) is 5.13. The van der Waals surface area contributed by atoms with E-state index in [1.807, 2.05) is 0 Å². The van der Waals surface area contributed by atoms with Gasteiger partial charge in [0.2, 0.25) is 0 Å². The molecule has 2 rings (SSSR count). The molecule has 0 aliphatic heterocycles. The van der Waals surface area contributed by atoms with Crippen molar-refractivity contribution in [3.63, 3.8) is 0 Å². The van der Waals surface area contributed by atoms with Crippen molar-refractivity contribution in [1.82, 2.24) is 0 Å². The Labute approximate surface area is 111 Å². The van der Waals surface area contributed by atoms with E-state index in [9.17, 15) is 18.9 Å². The molecule has 0 fully saturated rings. The Morgan fingerprint density at radius 2 is 1.74 bits per heavy atom. The number of nitrogens with one attached hydrogen (secondary N) is 1. The van der Waals surface area contributed by atoms with Crippen molar-refractivity contribution >= 4 is 28.7 Å². The Kier molecular flexibility index (Phi) is 3.62. The molecule has 0 amide bonds. The first kappa shape index (κ1) is 13.2. The van der Waals surface area contributed by atoms with Gasteiger partial charge >= 0.3 is 0 Å². The molecule has 1 N–H and O–H groups in total. The first-order valence-corrected chi connectivity index (χ1v) is 5.50. The number of anilines is 2. The van der Waals surface area contributed by atoms with Crippen molar-refractivity contribution in [3.8, 4) is 0 Å². The minimum Gasteiger partial charge on any atom is -0.350 e. The van der Waals surface area contributed by atoms with E-state index in [-0.39, 0.29) is 22.1 Å². The van der Waals surface area contributed by atoms with E-state index in [1.165, 1.54) is 18.2 Å². The maximum atomic E-state index is 13.0. The summed E-state index contributed by atoms with van der Waals surface area (Å²) in [6.07, 6.45) is 0. The molecular weight excluding hydrogens is 278 g/mol. The average molecular weight is 285 g/mol. The molecule has 19 heavy (non-hydrogen) atoms. The predicted octanol–water partition coefficient (Wildman–Crippen LogP) is 4.27. The lowest BCUT2D eigenvalue weighted by atomic mass is 10.2. The van der Waals surface area contributed by atoms with Gasteiger partial charge in [0.25, 0.3) is 5.69 Å². The highest BCUT2D eigenvalue weighted by atomic mass is 35.5. The molecule has 0 heterocycles. The van der Waals surface area contributed by atoms with Crippen molar-refractivity contribution < 1.29 is 13.7 Å². The highest BCUT2D eigenvalue weighted by Crippen LogP contribution is 2.30. The van der Waals surface area contributed by atoms with Crippen LogP contribution in [-0.4, -0.2) is 4.92 Å². The van der Waals surface area contributed by atoms with Gasteiger partial charge in [-0.1, -0.05) is 11.6 Å². The summed E-state index contributed by atoms with van der Waals surface area (Å²) in [7, 11) is 0. The fourth-order valence-corrected chi connectivity index (χ4v) is 1.72. The molecule has 2 aromatic rings. The molecule has 0 atom stereocenters. The van der Waals surface area contributed by atoms with Crippen LogP contribution in [0.2, 0.25) is 5.02 Å². The third kappa shape index (κ3) is 3.17. The minimum atomic E-state index is -0.785. The number of nitro groups is 1. The van der Waals surface area contributed by atoms with Gasteiger partial charge in [0.05, 0.1) is 4.92 Å². The predicted molar refractivity (Wildman–Crippen MR) is 67.7 cm³/mol. The van der Waals surface area contributed by atoms with E-state index < -0.39 is 16.6 Å². The Bertz CT molecular complexity index is 629. The fraction of sp³-hybridized carbons (Fsp3) is 0. The molecule has 0 bridgehead atoms. The highest BCUT2D eigenvalue weighted by molar-refractivity contribution is 6.31. The SMILES string of the molecule is O=[N+]([O-])c1ccc(Cl)cc1Nc1cc(F)cc(F)c1. The van der Waals surface area contributed by atoms with Crippen molar-refractivity contribution in [2.24, 2.45) is 0 Å².